The molecule has 1 aliphatic heterocycles. The van der Waals surface area contributed by atoms with E-state index in [1.165, 1.54) is 12.0 Å². The normalized spacial score (nSPS) is 18.6. The number of likely N-dealkylation sites (tertiary alicyclic amines) is 1. The maximum Gasteiger partial charge on any atom is 0.222 e. The van der Waals surface area contributed by atoms with Crippen molar-refractivity contribution in [3.8, 4) is 5.75 Å². The highest BCUT2D eigenvalue weighted by Crippen LogP contribution is 2.26. The Bertz CT molecular complexity index is 638. The molecule has 6 heteroatoms. The predicted octanol–water partition coefficient (Wildman–Crippen LogP) is 3.32. The Labute approximate surface area is 145 Å². The molecule has 0 saturated carbocycles. The quantitative estimate of drug-likeness (QED) is 0.867. The first kappa shape index (κ1) is 16.2. The molecular weight excluding hydrogens is 356 g/mol. The maximum absolute atomic E-state index is 5.29. The van der Waals surface area contributed by atoms with E-state index in [2.05, 4.69) is 48.2 Å². The Kier molecular flexibility index (Phi) is 5.46. The highest BCUT2D eigenvalue weighted by molar-refractivity contribution is 9.10. The molecule has 1 N–H and O–H groups in total. The number of benzene rings is 1. The molecule has 2 aromatic rings. The zero-order valence-electron chi connectivity index (χ0n) is 13.2. The molecule has 0 spiro atoms. The Hall–Kier alpha value is -1.66. The number of nitrogens with one attached hydrogen (secondary N) is 1. The number of anilines is 1. The summed E-state index contributed by atoms with van der Waals surface area (Å²) in [6.07, 6.45) is 5.87. The lowest BCUT2D eigenvalue weighted by atomic mass is 10.0. The first-order valence-electron chi connectivity index (χ1n) is 7.83. The lowest BCUT2D eigenvalue weighted by molar-refractivity contribution is 0.208. The van der Waals surface area contributed by atoms with Crippen molar-refractivity contribution in [3.63, 3.8) is 0 Å². The summed E-state index contributed by atoms with van der Waals surface area (Å²) >= 11 is 3.56. The van der Waals surface area contributed by atoms with Crippen LogP contribution in [0.3, 0.4) is 0 Å². The van der Waals surface area contributed by atoms with E-state index in [0.29, 0.717) is 12.0 Å². The molecule has 1 aliphatic rings. The fourth-order valence-corrected chi connectivity index (χ4v) is 3.53. The average molecular weight is 377 g/mol. The monoisotopic (exact) mass is 376 g/mol. The summed E-state index contributed by atoms with van der Waals surface area (Å²) in [5.41, 5.74) is 1.29. The zero-order chi connectivity index (χ0) is 16.1. The first-order valence-corrected chi connectivity index (χ1v) is 8.62. The van der Waals surface area contributed by atoms with Gasteiger partial charge in [0.05, 0.1) is 11.6 Å². The molecule has 1 fully saturated rings. The van der Waals surface area contributed by atoms with Crippen molar-refractivity contribution >= 4 is 21.9 Å². The maximum atomic E-state index is 5.29. The van der Waals surface area contributed by atoms with E-state index in [1.807, 2.05) is 12.1 Å². The van der Waals surface area contributed by atoms with Gasteiger partial charge in [-0.2, -0.15) is 0 Å². The number of methoxy groups -OCH3 is 1. The minimum Gasteiger partial charge on any atom is -0.496 e. The first-order chi connectivity index (χ1) is 11.2. The van der Waals surface area contributed by atoms with E-state index in [-0.39, 0.29) is 0 Å². The number of halogens is 1. The molecule has 23 heavy (non-hydrogen) atoms. The second kappa shape index (κ2) is 7.75. The summed E-state index contributed by atoms with van der Waals surface area (Å²) < 4.78 is 6.29. The molecule has 0 amide bonds. The van der Waals surface area contributed by atoms with Gasteiger partial charge in [0.1, 0.15) is 5.75 Å². The topological polar surface area (TPSA) is 50.3 Å². The molecule has 1 saturated heterocycles. The van der Waals surface area contributed by atoms with Crippen molar-refractivity contribution in [1.82, 2.24) is 14.9 Å². The second-order valence-electron chi connectivity index (χ2n) is 5.76. The van der Waals surface area contributed by atoms with Crippen LogP contribution >= 0.6 is 15.9 Å². The van der Waals surface area contributed by atoms with Crippen LogP contribution in [0.4, 0.5) is 5.95 Å². The van der Waals surface area contributed by atoms with Crippen LogP contribution < -0.4 is 10.1 Å². The predicted molar refractivity (Wildman–Crippen MR) is 94.6 cm³/mol. The molecule has 1 aromatic heterocycles. The van der Waals surface area contributed by atoms with Crippen LogP contribution in [0.25, 0.3) is 0 Å². The SMILES string of the molecule is COc1ccc(CN2CCCC(Nc3ncccn3)C2)cc1Br. The van der Waals surface area contributed by atoms with Gasteiger partial charge in [0.25, 0.3) is 0 Å². The molecule has 122 valence electrons. The van der Waals surface area contributed by atoms with Gasteiger partial charge < -0.3 is 10.1 Å². The second-order valence-corrected chi connectivity index (χ2v) is 6.61. The third kappa shape index (κ3) is 4.42. The van der Waals surface area contributed by atoms with Gasteiger partial charge in [-0.15, -0.1) is 0 Å². The Morgan fingerprint density at radius 2 is 2.17 bits per heavy atom. The number of hydrogen-bond acceptors (Lipinski definition) is 5. The van der Waals surface area contributed by atoms with Crippen molar-refractivity contribution in [2.75, 3.05) is 25.5 Å². The van der Waals surface area contributed by atoms with Gasteiger partial charge in [-0.05, 0) is 59.1 Å². The van der Waals surface area contributed by atoms with Crippen molar-refractivity contribution < 1.29 is 4.74 Å². The van der Waals surface area contributed by atoms with Gasteiger partial charge in [-0.3, -0.25) is 4.90 Å². The summed E-state index contributed by atoms with van der Waals surface area (Å²) in [7, 11) is 1.69. The molecule has 0 bridgehead atoms. The molecule has 0 radical (unpaired) electrons. The van der Waals surface area contributed by atoms with E-state index in [0.717, 1.165) is 36.3 Å². The standard InChI is InChI=1S/C17H21BrN4O/c1-23-16-6-5-13(10-15(16)18)11-22-9-2-4-14(12-22)21-17-19-7-3-8-20-17/h3,5-8,10,14H,2,4,9,11-12H2,1H3,(H,19,20,21). The van der Waals surface area contributed by atoms with Gasteiger partial charge in [0, 0.05) is 31.5 Å². The fourth-order valence-electron chi connectivity index (χ4n) is 2.94. The minimum absolute atomic E-state index is 0.396. The number of aromatic nitrogens is 2. The van der Waals surface area contributed by atoms with Crippen LogP contribution in [-0.2, 0) is 6.54 Å². The van der Waals surface area contributed by atoms with E-state index in [9.17, 15) is 0 Å². The fraction of sp³-hybridized carbons (Fsp3) is 0.412. The summed E-state index contributed by atoms with van der Waals surface area (Å²) in [6, 6.07) is 8.50. The summed E-state index contributed by atoms with van der Waals surface area (Å²) in [5.74, 6) is 1.58. The number of ether oxygens (including phenoxy) is 1. The van der Waals surface area contributed by atoms with Gasteiger partial charge in [-0.1, -0.05) is 6.07 Å². The largest absolute Gasteiger partial charge is 0.496 e. The molecule has 3 rings (SSSR count). The van der Waals surface area contributed by atoms with Crippen molar-refractivity contribution in [2.45, 2.75) is 25.4 Å². The molecular formula is C17H21BrN4O. The van der Waals surface area contributed by atoms with E-state index in [4.69, 9.17) is 4.74 Å². The smallest absolute Gasteiger partial charge is 0.222 e. The number of piperidine rings is 1. The lowest BCUT2D eigenvalue weighted by Gasteiger charge is -2.33. The van der Waals surface area contributed by atoms with Crippen LogP contribution in [0, 0.1) is 0 Å². The average Bonchev–Trinajstić information content (AvgIpc) is 2.56. The van der Waals surface area contributed by atoms with Crippen molar-refractivity contribution in [1.29, 1.82) is 0 Å². The Morgan fingerprint density at radius 3 is 2.91 bits per heavy atom. The summed E-state index contributed by atoms with van der Waals surface area (Å²) in [5, 5.41) is 3.43. The van der Waals surface area contributed by atoms with Crippen molar-refractivity contribution in [3.05, 3.63) is 46.7 Å². The third-order valence-electron chi connectivity index (χ3n) is 4.03. The number of nitrogens with zero attached hydrogens (tertiary/aromatic N) is 3. The van der Waals surface area contributed by atoms with Gasteiger partial charge in [0.2, 0.25) is 5.95 Å². The summed E-state index contributed by atoms with van der Waals surface area (Å²) in [4.78, 5) is 11.0. The third-order valence-corrected chi connectivity index (χ3v) is 4.65. The van der Waals surface area contributed by atoms with Crippen LogP contribution in [0.15, 0.2) is 41.1 Å². The van der Waals surface area contributed by atoms with E-state index >= 15 is 0 Å². The van der Waals surface area contributed by atoms with Crippen LogP contribution in [0.1, 0.15) is 18.4 Å². The highest BCUT2D eigenvalue weighted by Gasteiger charge is 2.20. The lowest BCUT2D eigenvalue weighted by Crippen LogP contribution is -2.41. The Morgan fingerprint density at radius 1 is 1.35 bits per heavy atom. The van der Waals surface area contributed by atoms with Gasteiger partial charge in [0.15, 0.2) is 0 Å². The Balaban J connectivity index is 1.59. The highest BCUT2D eigenvalue weighted by atomic mass is 79.9. The van der Waals surface area contributed by atoms with E-state index < -0.39 is 0 Å². The minimum atomic E-state index is 0.396. The molecule has 1 unspecified atom stereocenters. The summed E-state index contributed by atoms with van der Waals surface area (Å²) in [6.45, 7) is 3.07. The molecule has 5 nitrogen and oxygen atoms in total. The molecule has 0 aliphatic carbocycles. The van der Waals surface area contributed by atoms with Crippen LogP contribution in [0.5, 0.6) is 5.75 Å². The number of hydrogen-bond donors (Lipinski definition) is 1. The van der Waals surface area contributed by atoms with Crippen LogP contribution in [-0.4, -0.2) is 41.1 Å². The molecule has 1 atom stereocenters. The van der Waals surface area contributed by atoms with Gasteiger partial charge in [-0.25, -0.2) is 9.97 Å². The molecule has 2 heterocycles. The van der Waals surface area contributed by atoms with E-state index in [1.54, 1.807) is 19.5 Å². The van der Waals surface area contributed by atoms with Crippen LogP contribution in [0.2, 0.25) is 0 Å². The zero-order valence-corrected chi connectivity index (χ0v) is 14.8. The molecule has 1 aromatic carbocycles. The van der Waals surface area contributed by atoms with Crippen molar-refractivity contribution in [2.24, 2.45) is 0 Å². The number of rotatable bonds is 5. The van der Waals surface area contributed by atoms with Gasteiger partial charge >= 0.3 is 0 Å².